The molecule has 1 fully saturated rings. The van der Waals surface area contributed by atoms with Crippen LogP contribution in [0.2, 0.25) is 0 Å². The number of hydrogen-bond acceptors (Lipinski definition) is 3. The summed E-state index contributed by atoms with van der Waals surface area (Å²) in [7, 11) is 0. The predicted molar refractivity (Wildman–Crippen MR) is 73.0 cm³/mol. The largest absolute Gasteiger partial charge is 0.377 e. The lowest BCUT2D eigenvalue weighted by Gasteiger charge is -2.31. The van der Waals surface area contributed by atoms with Crippen LogP contribution < -0.4 is 5.32 Å². The maximum atomic E-state index is 11.9. The number of aromatic amines is 1. The van der Waals surface area contributed by atoms with Gasteiger partial charge in [-0.2, -0.15) is 5.10 Å². The molecule has 19 heavy (non-hydrogen) atoms. The highest BCUT2D eigenvalue weighted by Crippen LogP contribution is 2.34. The number of carbonyl (C=O) groups excluding carboxylic acids is 1. The van der Waals surface area contributed by atoms with E-state index in [4.69, 9.17) is 4.74 Å². The van der Waals surface area contributed by atoms with Crippen LogP contribution in [0.5, 0.6) is 0 Å². The Hall–Kier alpha value is -1.36. The fraction of sp³-hybridized carbons (Fsp3) is 0.714. The van der Waals surface area contributed by atoms with Gasteiger partial charge in [0.1, 0.15) is 5.69 Å². The summed E-state index contributed by atoms with van der Waals surface area (Å²) in [5.41, 5.74) is 1.44. The molecule has 1 aliphatic heterocycles. The minimum absolute atomic E-state index is 0.106. The van der Waals surface area contributed by atoms with Crippen LogP contribution in [-0.4, -0.2) is 35.4 Å². The van der Waals surface area contributed by atoms with Crippen molar-refractivity contribution in [2.24, 2.45) is 11.3 Å². The van der Waals surface area contributed by atoms with Gasteiger partial charge in [-0.3, -0.25) is 9.89 Å². The maximum absolute atomic E-state index is 11.9. The van der Waals surface area contributed by atoms with Gasteiger partial charge in [0.05, 0.1) is 6.10 Å². The standard InChI is InChI=1S/C14H23N3O2/c1-9-7-11(17-16-9)13(18)15-8-10-5-6-19-12(10)14(2,3)4/h7,10,12H,5-6,8H2,1-4H3,(H,15,18)(H,16,17)/t10-,12+/m1/s1. The number of ether oxygens (including phenoxy) is 1. The molecular weight excluding hydrogens is 242 g/mol. The first-order chi connectivity index (χ1) is 8.88. The van der Waals surface area contributed by atoms with E-state index in [1.165, 1.54) is 0 Å². The molecule has 1 aliphatic rings. The molecule has 0 spiro atoms. The molecule has 0 unspecified atom stereocenters. The van der Waals surface area contributed by atoms with Crippen LogP contribution in [0.25, 0.3) is 0 Å². The van der Waals surface area contributed by atoms with E-state index in [9.17, 15) is 4.79 Å². The normalized spacial score (nSPS) is 23.6. The second kappa shape index (κ2) is 5.33. The van der Waals surface area contributed by atoms with Gasteiger partial charge in [0, 0.05) is 24.8 Å². The van der Waals surface area contributed by atoms with Crippen molar-refractivity contribution in [3.05, 3.63) is 17.5 Å². The third kappa shape index (κ3) is 3.35. The molecule has 5 nitrogen and oxygen atoms in total. The minimum Gasteiger partial charge on any atom is -0.377 e. The number of H-pyrrole nitrogens is 1. The summed E-state index contributed by atoms with van der Waals surface area (Å²) in [4.78, 5) is 11.9. The van der Waals surface area contributed by atoms with Crippen molar-refractivity contribution in [3.8, 4) is 0 Å². The number of nitrogens with one attached hydrogen (secondary N) is 2. The van der Waals surface area contributed by atoms with Gasteiger partial charge in [-0.15, -0.1) is 0 Å². The van der Waals surface area contributed by atoms with Crippen LogP contribution in [0.1, 0.15) is 43.4 Å². The van der Waals surface area contributed by atoms with E-state index >= 15 is 0 Å². The molecule has 2 heterocycles. The third-order valence-electron chi connectivity index (χ3n) is 3.53. The fourth-order valence-electron chi connectivity index (χ4n) is 2.65. The van der Waals surface area contributed by atoms with Crippen molar-refractivity contribution in [1.82, 2.24) is 15.5 Å². The van der Waals surface area contributed by atoms with E-state index in [-0.39, 0.29) is 17.4 Å². The number of aromatic nitrogens is 2. The smallest absolute Gasteiger partial charge is 0.271 e. The Bertz CT molecular complexity index is 448. The van der Waals surface area contributed by atoms with Crippen LogP contribution in [0.4, 0.5) is 0 Å². The predicted octanol–water partition coefficient (Wildman–Crippen LogP) is 1.90. The number of nitrogens with zero attached hydrogens (tertiary/aromatic N) is 1. The highest BCUT2D eigenvalue weighted by Gasteiger charge is 2.37. The summed E-state index contributed by atoms with van der Waals surface area (Å²) in [6.07, 6.45) is 1.20. The highest BCUT2D eigenvalue weighted by molar-refractivity contribution is 5.92. The van der Waals surface area contributed by atoms with Crippen molar-refractivity contribution in [2.45, 2.75) is 40.2 Å². The Balaban J connectivity index is 1.90. The summed E-state index contributed by atoms with van der Waals surface area (Å²) >= 11 is 0. The molecule has 2 rings (SSSR count). The van der Waals surface area contributed by atoms with Crippen molar-refractivity contribution >= 4 is 5.91 Å². The second-order valence-corrected chi connectivity index (χ2v) is 6.35. The first kappa shape index (κ1) is 14.1. The summed E-state index contributed by atoms with van der Waals surface area (Å²) in [6.45, 7) is 9.83. The molecule has 5 heteroatoms. The third-order valence-corrected chi connectivity index (χ3v) is 3.53. The Labute approximate surface area is 114 Å². The number of rotatable bonds is 3. The van der Waals surface area contributed by atoms with Crippen LogP contribution in [0.3, 0.4) is 0 Å². The summed E-state index contributed by atoms with van der Waals surface area (Å²) in [5, 5.41) is 9.69. The van der Waals surface area contributed by atoms with Crippen molar-refractivity contribution in [2.75, 3.05) is 13.2 Å². The monoisotopic (exact) mass is 265 g/mol. The van der Waals surface area contributed by atoms with Gasteiger partial charge >= 0.3 is 0 Å². The molecule has 1 amide bonds. The lowest BCUT2D eigenvalue weighted by molar-refractivity contribution is 0.00736. The van der Waals surface area contributed by atoms with Gasteiger partial charge in [-0.05, 0) is 24.8 Å². The first-order valence-corrected chi connectivity index (χ1v) is 6.80. The quantitative estimate of drug-likeness (QED) is 0.877. The maximum Gasteiger partial charge on any atom is 0.271 e. The molecule has 0 bridgehead atoms. The number of carbonyl (C=O) groups is 1. The van der Waals surface area contributed by atoms with E-state index in [1.807, 2.05) is 6.92 Å². The number of amides is 1. The Kier molecular flexibility index (Phi) is 3.94. The molecule has 0 radical (unpaired) electrons. The molecular formula is C14H23N3O2. The highest BCUT2D eigenvalue weighted by atomic mass is 16.5. The summed E-state index contributed by atoms with van der Waals surface area (Å²) in [6, 6.07) is 1.75. The number of aryl methyl sites for hydroxylation is 1. The molecule has 2 atom stereocenters. The molecule has 1 aromatic rings. The van der Waals surface area contributed by atoms with Gasteiger partial charge in [0.15, 0.2) is 0 Å². The zero-order valence-electron chi connectivity index (χ0n) is 12.1. The Morgan fingerprint density at radius 3 is 2.89 bits per heavy atom. The summed E-state index contributed by atoms with van der Waals surface area (Å²) < 4.78 is 5.80. The average molecular weight is 265 g/mol. The molecule has 1 aromatic heterocycles. The van der Waals surface area contributed by atoms with Crippen molar-refractivity contribution < 1.29 is 9.53 Å². The topological polar surface area (TPSA) is 67.0 Å². The Morgan fingerprint density at radius 1 is 1.58 bits per heavy atom. The van der Waals surface area contributed by atoms with Gasteiger partial charge in [-0.25, -0.2) is 0 Å². The van der Waals surface area contributed by atoms with E-state index in [2.05, 4.69) is 36.3 Å². The summed E-state index contributed by atoms with van der Waals surface area (Å²) in [5.74, 6) is 0.257. The molecule has 106 valence electrons. The minimum atomic E-state index is -0.121. The lowest BCUT2D eigenvalue weighted by Crippen LogP contribution is -2.38. The molecule has 1 saturated heterocycles. The van der Waals surface area contributed by atoms with Crippen LogP contribution in [0.15, 0.2) is 6.07 Å². The average Bonchev–Trinajstić information content (AvgIpc) is 2.93. The second-order valence-electron chi connectivity index (χ2n) is 6.35. The molecule has 0 aromatic carbocycles. The number of hydrogen-bond donors (Lipinski definition) is 2. The lowest BCUT2D eigenvalue weighted by atomic mass is 9.81. The molecule has 0 saturated carbocycles. The SMILES string of the molecule is Cc1cc(C(=O)NC[C@H]2CCO[C@@H]2C(C)(C)C)n[nH]1. The van der Waals surface area contributed by atoms with Crippen molar-refractivity contribution in [1.29, 1.82) is 0 Å². The zero-order valence-corrected chi connectivity index (χ0v) is 12.1. The zero-order chi connectivity index (χ0) is 14.0. The Morgan fingerprint density at radius 2 is 2.32 bits per heavy atom. The van der Waals surface area contributed by atoms with Crippen molar-refractivity contribution in [3.63, 3.8) is 0 Å². The van der Waals surface area contributed by atoms with E-state index in [1.54, 1.807) is 6.07 Å². The van der Waals surface area contributed by atoms with E-state index in [0.29, 0.717) is 18.2 Å². The van der Waals surface area contributed by atoms with Gasteiger partial charge in [0.25, 0.3) is 5.91 Å². The molecule has 2 N–H and O–H groups in total. The molecule has 0 aliphatic carbocycles. The van der Waals surface area contributed by atoms with Crippen LogP contribution in [0, 0.1) is 18.3 Å². The van der Waals surface area contributed by atoms with E-state index < -0.39 is 0 Å². The first-order valence-electron chi connectivity index (χ1n) is 6.80. The van der Waals surface area contributed by atoms with E-state index in [0.717, 1.165) is 18.7 Å². The fourth-order valence-corrected chi connectivity index (χ4v) is 2.65. The van der Waals surface area contributed by atoms with Crippen LogP contribution in [-0.2, 0) is 4.74 Å². The van der Waals surface area contributed by atoms with Crippen LogP contribution >= 0.6 is 0 Å². The van der Waals surface area contributed by atoms with Gasteiger partial charge < -0.3 is 10.1 Å². The van der Waals surface area contributed by atoms with Gasteiger partial charge in [0.2, 0.25) is 0 Å². The van der Waals surface area contributed by atoms with Gasteiger partial charge in [-0.1, -0.05) is 20.8 Å².